The quantitative estimate of drug-likeness (QED) is 0.757. The Labute approximate surface area is 139 Å². The summed E-state index contributed by atoms with van der Waals surface area (Å²) in [5, 5.41) is 8.66. The van der Waals surface area contributed by atoms with E-state index in [1.165, 1.54) is 23.9 Å². The van der Waals surface area contributed by atoms with Crippen molar-refractivity contribution in [1.82, 2.24) is 14.9 Å². The third-order valence-electron chi connectivity index (χ3n) is 3.49. The minimum absolute atomic E-state index is 0.0224. The summed E-state index contributed by atoms with van der Waals surface area (Å²) in [5.74, 6) is 0.199. The number of aryl methyl sites for hydroxylation is 1. The van der Waals surface area contributed by atoms with Gasteiger partial charge >= 0.3 is 0 Å². The molecule has 0 fully saturated rings. The molecule has 2 aromatic rings. The molecule has 0 bridgehead atoms. The molecule has 3 N–H and O–H groups in total. The SMILES string of the molecule is CC[C@@H](C)NC(=O)CSc1nc2cc(S(N)(=O)=O)ccc2n1C. The number of benzene rings is 1. The van der Waals surface area contributed by atoms with Gasteiger partial charge in [-0.2, -0.15) is 0 Å². The number of nitrogens with zero attached hydrogens (tertiary/aromatic N) is 2. The van der Waals surface area contributed by atoms with Crippen LogP contribution in [0, 0.1) is 0 Å². The maximum atomic E-state index is 11.8. The number of primary sulfonamides is 1. The Morgan fingerprint density at radius 1 is 1.48 bits per heavy atom. The molecule has 23 heavy (non-hydrogen) atoms. The van der Waals surface area contributed by atoms with Gasteiger partial charge in [-0.25, -0.2) is 18.5 Å². The molecule has 0 unspecified atom stereocenters. The van der Waals surface area contributed by atoms with Crippen LogP contribution in [0.5, 0.6) is 0 Å². The van der Waals surface area contributed by atoms with E-state index in [1.807, 2.05) is 25.5 Å². The summed E-state index contributed by atoms with van der Waals surface area (Å²) in [7, 11) is -1.94. The summed E-state index contributed by atoms with van der Waals surface area (Å²) >= 11 is 1.31. The van der Waals surface area contributed by atoms with Gasteiger partial charge in [0.2, 0.25) is 15.9 Å². The second kappa shape index (κ2) is 6.90. The van der Waals surface area contributed by atoms with E-state index in [9.17, 15) is 13.2 Å². The number of carbonyl (C=O) groups excluding carboxylic acids is 1. The van der Waals surface area contributed by atoms with Crippen molar-refractivity contribution in [3.8, 4) is 0 Å². The van der Waals surface area contributed by atoms with Gasteiger partial charge in [0.05, 0.1) is 21.7 Å². The molecule has 2 rings (SSSR count). The number of hydrogen-bond donors (Lipinski definition) is 2. The van der Waals surface area contributed by atoms with Crippen molar-refractivity contribution in [2.45, 2.75) is 36.4 Å². The molecular weight excluding hydrogens is 336 g/mol. The van der Waals surface area contributed by atoms with Crippen molar-refractivity contribution in [1.29, 1.82) is 0 Å². The van der Waals surface area contributed by atoms with Gasteiger partial charge in [0, 0.05) is 13.1 Å². The van der Waals surface area contributed by atoms with E-state index in [4.69, 9.17) is 5.14 Å². The first kappa shape index (κ1) is 17.8. The van der Waals surface area contributed by atoms with Crippen LogP contribution in [0.4, 0.5) is 0 Å². The molecule has 0 saturated heterocycles. The highest BCUT2D eigenvalue weighted by atomic mass is 32.2. The summed E-state index contributed by atoms with van der Waals surface area (Å²) in [5.41, 5.74) is 1.31. The number of rotatable bonds is 6. The van der Waals surface area contributed by atoms with Crippen molar-refractivity contribution < 1.29 is 13.2 Å². The summed E-state index contributed by atoms with van der Waals surface area (Å²) in [6.45, 7) is 3.96. The van der Waals surface area contributed by atoms with Crippen molar-refractivity contribution in [3.05, 3.63) is 18.2 Å². The predicted octanol–water partition coefficient (Wildman–Crippen LogP) is 1.23. The van der Waals surface area contributed by atoms with Crippen LogP contribution < -0.4 is 10.5 Å². The predicted molar refractivity (Wildman–Crippen MR) is 90.7 cm³/mol. The lowest BCUT2D eigenvalue weighted by Crippen LogP contribution is -2.33. The van der Waals surface area contributed by atoms with Crippen LogP contribution in [0.1, 0.15) is 20.3 Å². The lowest BCUT2D eigenvalue weighted by Gasteiger charge is -2.10. The van der Waals surface area contributed by atoms with Gasteiger partial charge in [0.1, 0.15) is 0 Å². The molecule has 1 aromatic carbocycles. The second-order valence-corrected chi connectivity index (χ2v) is 7.82. The van der Waals surface area contributed by atoms with E-state index in [1.54, 1.807) is 6.07 Å². The minimum atomic E-state index is -3.76. The number of nitrogens with one attached hydrogen (secondary N) is 1. The fraction of sp³-hybridized carbons (Fsp3) is 0.429. The van der Waals surface area contributed by atoms with Gasteiger partial charge in [0.25, 0.3) is 0 Å². The minimum Gasteiger partial charge on any atom is -0.353 e. The highest BCUT2D eigenvalue weighted by Gasteiger charge is 2.14. The average Bonchev–Trinajstić information content (AvgIpc) is 2.80. The number of amides is 1. The van der Waals surface area contributed by atoms with Gasteiger partial charge < -0.3 is 9.88 Å². The number of carbonyl (C=O) groups is 1. The van der Waals surface area contributed by atoms with Gasteiger partial charge in [-0.1, -0.05) is 18.7 Å². The molecule has 1 heterocycles. The maximum Gasteiger partial charge on any atom is 0.238 e. The molecule has 0 aliphatic heterocycles. The highest BCUT2D eigenvalue weighted by molar-refractivity contribution is 7.99. The van der Waals surface area contributed by atoms with E-state index < -0.39 is 10.0 Å². The maximum absolute atomic E-state index is 11.8. The second-order valence-electron chi connectivity index (χ2n) is 5.31. The fourth-order valence-corrected chi connectivity index (χ4v) is 3.34. The van der Waals surface area contributed by atoms with Gasteiger partial charge in [0.15, 0.2) is 5.16 Å². The van der Waals surface area contributed by atoms with E-state index >= 15 is 0 Å². The van der Waals surface area contributed by atoms with Crippen LogP contribution >= 0.6 is 11.8 Å². The smallest absolute Gasteiger partial charge is 0.238 e. The molecule has 1 amide bonds. The first-order chi connectivity index (χ1) is 10.7. The topological polar surface area (TPSA) is 107 Å². The van der Waals surface area contributed by atoms with Crippen LogP contribution in [-0.2, 0) is 21.9 Å². The van der Waals surface area contributed by atoms with Crippen LogP contribution in [0.15, 0.2) is 28.3 Å². The Balaban J connectivity index is 2.19. The summed E-state index contributed by atoms with van der Waals surface area (Å²) in [6, 6.07) is 4.68. The summed E-state index contributed by atoms with van der Waals surface area (Å²) in [6.07, 6.45) is 0.874. The van der Waals surface area contributed by atoms with Crippen molar-refractivity contribution in [2.24, 2.45) is 12.2 Å². The van der Waals surface area contributed by atoms with E-state index in [0.717, 1.165) is 11.9 Å². The number of hydrogen-bond acceptors (Lipinski definition) is 5. The zero-order valence-electron chi connectivity index (χ0n) is 13.2. The lowest BCUT2D eigenvalue weighted by molar-refractivity contribution is -0.119. The molecule has 0 aliphatic rings. The molecule has 7 nitrogen and oxygen atoms in total. The Bertz CT molecular complexity index is 830. The van der Waals surface area contributed by atoms with Gasteiger partial charge in [-0.3, -0.25) is 4.79 Å². The number of nitrogens with two attached hydrogens (primary N) is 1. The zero-order chi connectivity index (χ0) is 17.2. The molecular formula is C14H20N4O3S2. The first-order valence-electron chi connectivity index (χ1n) is 7.13. The Morgan fingerprint density at radius 3 is 2.78 bits per heavy atom. The number of sulfonamides is 1. The molecule has 9 heteroatoms. The molecule has 1 atom stereocenters. The van der Waals surface area contributed by atoms with E-state index in [-0.39, 0.29) is 22.6 Å². The van der Waals surface area contributed by atoms with Gasteiger partial charge in [-0.05, 0) is 31.5 Å². The third kappa shape index (κ3) is 4.24. The van der Waals surface area contributed by atoms with Crippen molar-refractivity contribution in [3.63, 3.8) is 0 Å². The molecule has 0 radical (unpaired) electrons. The molecule has 0 spiro atoms. The molecule has 1 aromatic heterocycles. The van der Waals surface area contributed by atoms with Crippen LogP contribution in [-0.4, -0.2) is 35.7 Å². The number of fused-ring (bicyclic) bond motifs is 1. The van der Waals surface area contributed by atoms with E-state index in [2.05, 4.69) is 10.3 Å². The van der Waals surface area contributed by atoms with Crippen LogP contribution in [0.3, 0.4) is 0 Å². The zero-order valence-corrected chi connectivity index (χ0v) is 14.9. The highest BCUT2D eigenvalue weighted by Crippen LogP contribution is 2.24. The van der Waals surface area contributed by atoms with Crippen LogP contribution in [0.25, 0.3) is 11.0 Å². The summed E-state index contributed by atoms with van der Waals surface area (Å²) in [4.78, 5) is 16.2. The molecule has 0 saturated carbocycles. The van der Waals surface area contributed by atoms with Crippen LogP contribution in [0.2, 0.25) is 0 Å². The van der Waals surface area contributed by atoms with Gasteiger partial charge in [-0.15, -0.1) is 0 Å². The lowest BCUT2D eigenvalue weighted by atomic mass is 10.3. The van der Waals surface area contributed by atoms with Crippen molar-refractivity contribution in [2.75, 3.05) is 5.75 Å². The molecule has 0 aliphatic carbocycles. The van der Waals surface area contributed by atoms with Crippen molar-refractivity contribution >= 4 is 38.7 Å². The largest absolute Gasteiger partial charge is 0.353 e. The average molecular weight is 356 g/mol. The standard InChI is InChI=1S/C14H20N4O3S2/c1-4-9(2)16-13(19)8-22-14-17-11-7-10(23(15,20)21)5-6-12(11)18(14)3/h5-7,9H,4,8H2,1-3H3,(H,16,19)(H2,15,20,21)/t9-/m1/s1. The number of imidazole rings is 1. The Hall–Kier alpha value is -1.58. The Kier molecular flexibility index (Phi) is 5.33. The Morgan fingerprint density at radius 2 is 2.17 bits per heavy atom. The monoisotopic (exact) mass is 356 g/mol. The number of aromatic nitrogens is 2. The normalized spacial score (nSPS) is 13.2. The summed E-state index contributed by atoms with van der Waals surface area (Å²) < 4.78 is 24.6. The first-order valence-corrected chi connectivity index (χ1v) is 9.67. The van der Waals surface area contributed by atoms with E-state index in [0.29, 0.717) is 10.7 Å². The molecule has 126 valence electrons. The fourth-order valence-electron chi connectivity index (χ4n) is 2.01. The third-order valence-corrected chi connectivity index (χ3v) is 5.43. The number of thioether (sulfide) groups is 1.